The molecule has 0 heterocycles. The summed E-state index contributed by atoms with van der Waals surface area (Å²) in [6, 6.07) is 0. The molecule has 0 aromatic rings. The molecule has 0 saturated carbocycles. The van der Waals surface area contributed by atoms with Gasteiger partial charge in [-0.25, -0.2) is 0 Å². The van der Waals surface area contributed by atoms with Crippen LogP contribution in [0.2, 0.25) is 0 Å². The molecule has 0 atom stereocenters. The number of hydrogen-bond donors (Lipinski definition) is 0. The first kappa shape index (κ1) is 2.28. The van der Waals surface area contributed by atoms with Crippen LogP contribution in [0.5, 0.6) is 0 Å². The largest absolute Gasteiger partial charge is 0.274 e. The smallest absolute Gasteiger partial charge is 0.264 e. The van der Waals surface area contributed by atoms with Gasteiger partial charge in [-0.05, 0) is 0 Å². The second-order valence-corrected chi connectivity index (χ2v) is 2.36. The van der Waals surface area contributed by atoms with E-state index in [1.54, 1.807) is 0 Å². The average molecular weight is 113 g/mol. The summed E-state index contributed by atoms with van der Waals surface area (Å²) in [5, 5.41) is 0. The molecule has 0 amide bonds. The highest BCUT2D eigenvalue weighted by atomic mass is 32.2. The molecule has 0 aliphatic rings. The molecule has 0 bridgehead atoms. The number of hydrogen-bond acceptors (Lipinski definition) is 3. The molecule has 0 aromatic heterocycles. The molecule has 4 heteroatoms. The van der Waals surface area contributed by atoms with Gasteiger partial charge >= 0.3 is 0 Å². The Bertz CT molecular complexity index is 178. The second-order valence-electron chi connectivity index (χ2n) is 0.787. The maximum absolute atomic E-state index is 10.1. The zero-order valence-electron chi connectivity index (χ0n) is 6.13. The topological polar surface area (TPSA) is 43.4 Å². The third-order valence-corrected chi connectivity index (χ3v) is 0.454. The van der Waals surface area contributed by atoms with Crippen molar-refractivity contribution in [3.8, 4) is 0 Å². The summed E-state index contributed by atoms with van der Waals surface area (Å²) < 4.78 is 42.7. The molecule has 0 rings (SSSR count). The van der Waals surface area contributed by atoms with Gasteiger partial charge in [-0.2, -0.15) is 8.42 Å². The summed E-state index contributed by atoms with van der Waals surface area (Å²) in [4.78, 5) is 0. The van der Waals surface area contributed by atoms with E-state index in [4.69, 9.17) is 4.11 Å². The van der Waals surface area contributed by atoms with Crippen molar-refractivity contribution in [3.05, 3.63) is 0 Å². The van der Waals surface area contributed by atoms with Gasteiger partial charge in [-0.3, -0.25) is 4.18 Å². The summed E-state index contributed by atoms with van der Waals surface area (Å²) >= 11 is 0. The van der Waals surface area contributed by atoms with Crippen molar-refractivity contribution in [2.45, 2.75) is 0 Å². The molecule has 0 unspecified atom stereocenters. The molecule has 0 saturated heterocycles. The van der Waals surface area contributed by atoms with E-state index in [-0.39, 0.29) is 0 Å². The van der Waals surface area contributed by atoms with Crippen molar-refractivity contribution in [1.82, 2.24) is 0 Å². The Morgan fingerprint density at radius 2 is 2.33 bits per heavy atom. The molecule has 0 N–H and O–H groups in total. The van der Waals surface area contributed by atoms with Gasteiger partial charge in [0.1, 0.15) is 0 Å². The summed E-state index contributed by atoms with van der Waals surface area (Å²) in [7, 11) is -6.70. The quantitative estimate of drug-likeness (QED) is 0.434. The Labute approximate surface area is 41.3 Å². The lowest BCUT2D eigenvalue weighted by molar-refractivity contribution is 0.403. The van der Waals surface area contributed by atoms with E-state index in [1.165, 1.54) is 0 Å². The highest BCUT2D eigenvalue weighted by Crippen LogP contribution is 1.75. The molecule has 0 aliphatic carbocycles. The van der Waals surface area contributed by atoms with Gasteiger partial charge in [0.2, 0.25) is 0 Å². The van der Waals surface area contributed by atoms with Gasteiger partial charge in [-0.15, -0.1) is 0 Å². The van der Waals surface area contributed by atoms with Crippen LogP contribution in [0.4, 0.5) is 0 Å². The lowest BCUT2D eigenvalue weighted by Gasteiger charge is -1.84. The maximum atomic E-state index is 10.1. The zero-order valence-corrected chi connectivity index (χ0v) is 3.95. The van der Waals surface area contributed by atoms with E-state index >= 15 is 0 Å². The van der Waals surface area contributed by atoms with Crippen LogP contribution in [-0.4, -0.2) is 21.7 Å². The van der Waals surface area contributed by atoms with Crippen molar-refractivity contribution >= 4 is 10.1 Å². The van der Waals surface area contributed by atoms with Crippen LogP contribution >= 0.6 is 0 Å². The molecule has 0 aliphatic heterocycles. The van der Waals surface area contributed by atoms with Gasteiger partial charge in [0, 0.05) is 0 Å². The third-order valence-electron chi connectivity index (χ3n) is 0.151. The Hall–Kier alpha value is -0.0900. The molecule has 0 aromatic carbocycles. The van der Waals surface area contributed by atoms with Crippen molar-refractivity contribution < 1.29 is 16.7 Å². The minimum absolute atomic E-state index is 0.680. The zero-order chi connectivity index (χ0) is 7.71. The van der Waals surface area contributed by atoms with Crippen molar-refractivity contribution in [2.24, 2.45) is 0 Å². The second kappa shape index (κ2) is 1.57. The van der Waals surface area contributed by atoms with Crippen LogP contribution < -0.4 is 0 Å². The van der Waals surface area contributed by atoms with Crippen LogP contribution in [0.3, 0.4) is 0 Å². The van der Waals surface area contributed by atoms with Crippen LogP contribution in [-0.2, 0) is 14.3 Å². The molecule has 0 spiro atoms. The van der Waals surface area contributed by atoms with Gasteiger partial charge in [-0.1, -0.05) is 0 Å². The molecule has 3 nitrogen and oxygen atoms in total. The van der Waals surface area contributed by atoms with Crippen LogP contribution in [0.25, 0.3) is 0 Å². The van der Waals surface area contributed by atoms with Crippen molar-refractivity contribution in [2.75, 3.05) is 13.3 Å². The Balaban J connectivity index is 4.07. The first-order chi connectivity index (χ1) is 3.71. The van der Waals surface area contributed by atoms with E-state index in [2.05, 4.69) is 4.18 Å². The molecular weight excluding hydrogens is 104 g/mol. The molecule has 0 fully saturated rings. The fourth-order valence-electron chi connectivity index (χ4n) is 0. The third kappa shape index (κ3) is 3.91. The van der Waals surface area contributed by atoms with Crippen molar-refractivity contribution in [3.63, 3.8) is 0 Å². The molecule has 38 valence electrons. The van der Waals surface area contributed by atoms with Crippen LogP contribution in [0.1, 0.15) is 4.11 Å². The first-order valence-electron chi connectivity index (χ1n) is 2.61. The van der Waals surface area contributed by atoms with Gasteiger partial charge < -0.3 is 0 Å². The standard InChI is InChI=1S/C2H6O3S/c1-5-6(2,3)4/h1-2H3/i1D3. The summed E-state index contributed by atoms with van der Waals surface area (Å²) in [5.74, 6) is 0. The van der Waals surface area contributed by atoms with E-state index in [9.17, 15) is 8.42 Å². The Morgan fingerprint density at radius 1 is 1.83 bits per heavy atom. The van der Waals surface area contributed by atoms with Crippen molar-refractivity contribution in [1.29, 1.82) is 0 Å². The summed E-state index contributed by atoms with van der Waals surface area (Å²) in [5.41, 5.74) is 0. The fraction of sp³-hybridized carbons (Fsp3) is 1.00. The van der Waals surface area contributed by atoms with Crippen LogP contribution in [0.15, 0.2) is 0 Å². The summed E-state index contributed by atoms with van der Waals surface area (Å²) in [6.07, 6.45) is 0.680. The lowest BCUT2D eigenvalue weighted by atomic mass is 11.8. The Morgan fingerprint density at radius 3 is 2.33 bits per heavy atom. The van der Waals surface area contributed by atoms with E-state index in [0.717, 1.165) is 0 Å². The minimum Gasteiger partial charge on any atom is -0.274 e. The SMILES string of the molecule is [2H]C([2H])([2H])OS(C)(=O)=O. The highest BCUT2D eigenvalue weighted by Gasteiger charge is 1.90. The normalized spacial score (nSPS) is 21.2. The van der Waals surface area contributed by atoms with Crippen LogP contribution in [0, 0.1) is 0 Å². The summed E-state index contributed by atoms with van der Waals surface area (Å²) in [6.45, 7) is 0. The monoisotopic (exact) mass is 113 g/mol. The highest BCUT2D eigenvalue weighted by molar-refractivity contribution is 7.85. The Kier molecular flexibility index (Phi) is 0.597. The predicted molar refractivity (Wildman–Crippen MR) is 21.9 cm³/mol. The molecule has 0 radical (unpaired) electrons. The van der Waals surface area contributed by atoms with Gasteiger partial charge in [0.15, 0.2) is 0 Å². The lowest BCUT2D eigenvalue weighted by Crippen LogP contribution is -1.95. The van der Waals surface area contributed by atoms with E-state index in [0.29, 0.717) is 6.26 Å². The van der Waals surface area contributed by atoms with E-state index in [1.807, 2.05) is 0 Å². The maximum Gasteiger partial charge on any atom is 0.264 e. The number of rotatable bonds is 1. The first-order valence-corrected chi connectivity index (χ1v) is 2.93. The predicted octanol–water partition coefficient (Wildman–Crippen LogP) is -0.408. The fourth-order valence-corrected chi connectivity index (χ4v) is 0. The molecule has 6 heavy (non-hydrogen) atoms. The average Bonchev–Trinajstić information content (AvgIpc) is 1.14. The molecular formula is C2H6O3S. The van der Waals surface area contributed by atoms with E-state index < -0.39 is 17.2 Å². The van der Waals surface area contributed by atoms with Gasteiger partial charge in [0.05, 0.1) is 17.4 Å². The minimum atomic E-state index is -3.84. The van der Waals surface area contributed by atoms with Gasteiger partial charge in [0.25, 0.3) is 10.1 Å².